The maximum absolute atomic E-state index is 6.44. The zero-order chi connectivity index (χ0) is 15.2. The van der Waals surface area contributed by atoms with E-state index in [-0.39, 0.29) is 0 Å². The predicted octanol–water partition coefficient (Wildman–Crippen LogP) is 3.70. The number of rotatable bonds is 6. The molecule has 0 amide bonds. The molecular formula is C17H27ClN2O. The van der Waals surface area contributed by atoms with Crippen molar-refractivity contribution in [2.24, 2.45) is 5.92 Å². The third kappa shape index (κ3) is 4.87. The zero-order valence-electron chi connectivity index (χ0n) is 13.4. The molecule has 1 unspecified atom stereocenters. The van der Waals surface area contributed by atoms with Gasteiger partial charge in [0, 0.05) is 43.5 Å². The minimum absolute atomic E-state index is 0.470. The Balaban J connectivity index is 2.01. The van der Waals surface area contributed by atoms with Crippen LogP contribution in [0.4, 0.5) is 5.69 Å². The van der Waals surface area contributed by atoms with Crippen LogP contribution >= 0.6 is 11.6 Å². The highest BCUT2D eigenvalue weighted by atomic mass is 35.5. The Hall–Kier alpha value is -0.770. The molecule has 118 valence electrons. The van der Waals surface area contributed by atoms with Crippen molar-refractivity contribution < 1.29 is 4.74 Å². The van der Waals surface area contributed by atoms with Crippen LogP contribution in [0, 0.1) is 5.92 Å². The first-order valence-corrected chi connectivity index (χ1v) is 8.23. The number of anilines is 1. The molecule has 1 N–H and O–H groups in total. The summed E-state index contributed by atoms with van der Waals surface area (Å²) in [7, 11) is 1.78. The van der Waals surface area contributed by atoms with Crippen molar-refractivity contribution in [1.82, 2.24) is 5.32 Å². The predicted molar refractivity (Wildman–Crippen MR) is 90.2 cm³/mol. The van der Waals surface area contributed by atoms with Gasteiger partial charge in [0.05, 0.1) is 6.61 Å². The normalized spacial score (nSPS) is 19.3. The molecule has 0 radical (unpaired) electrons. The molecule has 0 aliphatic carbocycles. The third-order valence-electron chi connectivity index (χ3n) is 4.02. The highest BCUT2D eigenvalue weighted by Crippen LogP contribution is 2.27. The Bertz CT molecular complexity index is 448. The highest BCUT2D eigenvalue weighted by Gasteiger charge is 2.20. The van der Waals surface area contributed by atoms with Crippen LogP contribution in [0.1, 0.15) is 32.3 Å². The summed E-state index contributed by atoms with van der Waals surface area (Å²) >= 11 is 6.44. The van der Waals surface area contributed by atoms with Gasteiger partial charge in [-0.3, -0.25) is 0 Å². The number of ether oxygens (including phenoxy) is 1. The first-order valence-electron chi connectivity index (χ1n) is 7.86. The summed E-state index contributed by atoms with van der Waals surface area (Å²) in [4.78, 5) is 2.43. The van der Waals surface area contributed by atoms with Crippen LogP contribution in [-0.2, 0) is 11.3 Å². The topological polar surface area (TPSA) is 24.5 Å². The molecule has 1 aliphatic heterocycles. The van der Waals surface area contributed by atoms with E-state index in [4.69, 9.17) is 16.3 Å². The average molecular weight is 311 g/mol. The van der Waals surface area contributed by atoms with E-state index in [0.717, 1.165) is 31.3 Å². The standard InChI is InChI=1S/C17H27ClN2O/c1-13(2)19-10-15-6-7-16(9-17(15)18)20-8-4-5-14(11-20)12-21-3/h6-7,9,13-14,19H,4-5,8,10-12H2,1-3H3. The van der Waals surface area contributed by atoms with Gasteiger partial charge < -0.3 is 15.0 Å². The minimum Gasteiger partial charge on any atom is -0.384 e. The van der Waals surface area contributed by atoms with Gasteiger partial charge in [-0.2, -0.15) is 0 Å². The lowest BCUT2D eigenvalue weighted by molar-refractivity contribution is 0.143. The molecule has 0 saturated carbocycles. The lowest BCUT2D eigenvalue weighted by atomic mass is 9.98. The van der Waals surface area contributed by atoms with E-state index in [0.29, 0.717) is 12.0 Å². The number of benzene rings is 1. The van der Waals surface area contributed by atoms with Gasteiger partial charge in [-0.1, -0.05) is 31.5 Å². The summed E-state index contributed by atoms with van der Waals surface area (Å²) < 4.78 is 5.30. The molecule has 4 heteroatoms. The lowest BCUT2D eigenvalue weighted by Crippen LogP contribution is -2.37. The third-order valence-corrected chi connectivity index (χ3v) is 4.38. The van der Waals surface area contributed by atoms with Gasteiger partial charge in [0.25, 0.3) is 0 Å². The number of piperidine rings is 1. The van der Waals surface area contributed by atoms with Crippen molar-refractivity contribution in [3.63, 3.8) is 0 Å². The van der Waals surface area contributed by atoms with Gasteiger partial charge in [-0.15, -0.1) is 0 Å². The molecule has 0 bridgehead atoms. The second-order valence-corrected chi connectivity index (χ2v) is 6.63. The molecule has 2 rings (SSSR count). The van der Waals surface area contributed by atoms with E-state index in [9.17, 15) is 0 Å². The molecule has 21 heavy (non-hydrogen) atoms. The molecule has 3 nitrogen and oxygen atoms in total. The average Bonchev–Trinajstić information content (AvgIpc) is 2.46. The van der Waals surface area contributed by atoms with Crippen molar-refractivity contribution in [3.05, 3.63) is 28.8 Å². The summed E-state index contributed by atoms with van der Waals surface area (Å²) in [5, 5.41) is 4.27. The summed E-state index contributed by atoms with van der Waals surface area (Å²) in [5.41, 5.74) is 2.40. The largest absolute Gasteiger partial charge is 0.384 e. The molecule has 1 saturated heterocycles. The van der Waals surface area contributed by atoms with Crippen molar-refractivity contribution in [1.29, 1.82) is 0 Å². The van der Waals surface area contributed by atoms with Gasteiger partial charge in [0.2, 0.25) is 0 Å². The molecule has 1 heterocycles. The van der Waals surface area contributed by atoms with E-state index < -0.39 is 0 Å². The van der Waals surface area contributed by atoms with E-state index in [1.165, 1.54) is 24.1 Å². The number of nitrogens with one attached hydrogen (secondary N) is 1. The zero-order valence-corrected chi connectivity index (χ0v) is 14.1. The van der Waals surface area contributed by atoms with Crippen LogP contribution in [-0.4, -0.2) is 32.8 Å². The Kier molecular flexibility index (Phi) is 6.34. The summed E-state index contributed by atoms with van der Waals surface area (Å²) in [6.07, 6.45) is 2.48. The van der Waals surface area contributed by atoms with Gasteiger partial charge in [0.15, 0.2) is 0 Å². The van der Waals surface area contributed by atoms with E-state index in [1.807, 2.05) is 0 Å². The van der Waals surface area contributed by atoms with Gasteiger partial charge in [0.1, 0.15) is 0 Å². The Morgan fingerprint density at radius 2 is 2.24 bits per heavy atom. The Labute approximate surface area is 133 Å². The van der Waals surface area contributed by atoms with Crippen molar-refractivity contribution in [3.8, 4) is 0 Å². The van der Waals surface area contributed by atoms with Gasteiger partial charge in [-0.25, -0.2) is 0 Å². The molecular weight excluding hydrogens is 284 g/mol. The van der Waals surface area contributed by atoms with Crippen LogP contribution in [0.25, 0.3) is 0 Å². The number of hydrogen-bond donors (Lipinski definition) is 1. The maximum Gasteiger partial charge on any atom is 0.0507 e. The smallest absolute Gasteiger partial charge is 0.0507 e. The fourth-order valence-corrected chi connectivity index (χ4v) is 3.10. The molecule has 1 atom stereocenters. The number of nitrogens with zero attached hydrogens (tertiary/aromatic N) is 1. The molecule has 1 aliphatic rings. The van der Waals surface area contributed by atoms with E-state index in [1.54, 1.807) is 7.11 Å². The quantitative estimate of drug-likeness (QED) is 0.867. The van der Waals surface area contributed by atoms with Gasteiger partial charge >= 0.3 is 0 Å². The van der Waals surface area contributed by atoms with Crippen molar-refractivity contribution in [2.45, 2.75) is 39.3 Å². The first-order chi connectivity index (χ1) is 10.1. The minimum atomic E-state index is 0.470. The molecule has 1 aromatic carbocycles. The van der Waals surface area contributed by atoms with Crippen LogP contribution in [0.5, 0.6) is 0 Å². The fourth-order valence-electron chi connectivity index (χ4n) is 2.86. The molecule has 1 fully saturated rings. The Morgan fingerprint density at radius 1 is 1.43 bits per heavy atom. The van der Waals surface area contributed by atoms with Crippen LogP contribution < -0.4 is 10.2 Å². The summed E-state index contributed by atoms with van der Waals surface area (Å²) in [6, 6.07) is 6.91. The molecule has 1 aromatic rings. The molecule has 0 aromatic heterocycles. The second-order valence-electron chi connectivity index (χ2n) is 6.22. The number of methoxy groups -OCH3 is 1. The van der Waals surface area contributed by atoms with Crippen LogP contribution in [0.15, 0.2) is 18.2 Å². The van der Waals surface area contributed by atoms with Crippen molar-refractivity contribution in [2.75, 3.05) is 31.7 Å². The summed E-state index contributed by atoms with van der Waals surface area (Å²) in [6.45, 7) is 8.13. The maximum atomic E-state index is 6.44. The monoisotopic (exact) mass is 310 g/mol. The Morgan fingerprint density at radius 3 is 2.90 bits per heavy atom. The lowest BCUT2D eigenvalue weighted by Gasteiger charge is -2.34. The van der Waals surface area contributed by atoms with Crippen LogP contribution in [0.2, 0.25) is 5.02 Å². The number of hydrogen-bond acceptors (Lipinski definition) is 3. The van der Waals surface area contributed by atoms with E-state index >= 15 is 0 Å². The first kappa shape index (κ1) is 16.6. The van der Waals surface area contributed by atoms with E-state index in [2.05, 4.69) is 42.3 Å². The highest BCUT2D eigenvalue weighted by molar-refractivity contribution is 6.31. The fraction of sp³-hybridized carbons (Fsp3) is 0.647. The SMILES string of the molecule is COCC1CCCN(c2ccc(CNC(C)C)c(Cl)c2)C1. The van der Waals surface area contributed by atoms with Gasteiger partial charge in [-0.05, 0) is 36.5 Å². The second kappa shape index (κ2) is 8.02. The van der Waals surface area contributed by atoms with Crippen molar-refractivity contribution >= 4 is 17.3 Å². The van der Waals surface area contributed by atoms with Crippen LogP contribution in [0.3, 0.4) is 0 Å². The number of halogens is 1. The molecule has 0 spiro atoms. The summed E-state index contributed by atoms with van der Waals surface area (Å²) in [5.74, 6) is 0.629.